The van der Waals surface area contributed by atoms with Crippen molar-refractivity contribution in [1.29, 1.82) is 0 Å². The topological polar surface area (TPSA) is 49.4 Å². The molecule has 1 N–H and O–H groups in total. The van der Waals surface area contributed by atoms with Gasteiger partial charge in [-0.05, 0) is 58.2 Å². The average molecular weight is 452 g/mol. The summed E-state index contributed by atoms with van der Waals surface area (Å²) in [5.41, 5.74) is 2.32. The van der Waals surface area contributed by atoms with Crippen molar-refractivity contribution in [2.75, 3.05) is 11.9 Å². The van der Waals surface area contributed by atoms with Gasteiger partial charge < -0.3 is 10.2 Å². The zero-order chi connectivity index (χ0) is 17.1. The summed E-state index contributed by atoms with van der Waals surface area (Å²) < 4.78 is 1.72. The van der Waals surface area contributed by atoms with Crippen LogP contribution in [0.2, 0.25) is 0 Å². The molecular weight excluding hydrogens is 436 g/mol. The van der Waals surface area contributed by atoms with E-state index in [4.69, 9.17) is 0 Å². The molecule has 24 heavy (non-hydrogen) atoms. The molecule has 0 unspecified atom stereocenters. The molecule has 0 aliphatic carbocycles. The highest BCUT2D eigenvalue weighted by molar-refractivity contribution is 9.11. The van der Waals surface area contributed by atoms with Crippen LogP contribution in [0.3, 0.4) is 0 Å². The summed E-state index contributed by atoms with van der Waals surface area (Å²) in [6, 6.07) is 13.0. The van der Waals surface area contributed by atoms with Crippen molar-refractivity contribution < 1.29 is 9.59 Å². The number of amides is 2. The molecule has 0 spiro atoms. The molecule has 2 amide bonds. The summed E-state index contributed by atoms with van der Waals surface area (Å²) in [5, 5.41) is 2.89. The fraction of sp³-hybridized carbons (Fsp3) is 0.222. The van der Waals surface area contributed by atoms with Crippen molar-refractivity contribution in [3.8, 4) is 0 Å². The van der Waals surface area contributed by atoms with E-state index in [2.05, 4.69) is 37.2 Å². The Bertz CT molecular complexity index is 775. The van der Waals surface area contributed by atoms with Gasteiger partial charge in [0.1, 0.15) is 0 Å². The van der Waals surface area contributed by atoms with Gasteiger partial charge in [0.25, 0.3) is 5.91 Å². The van der Waals surface area contributed by atoms with Crippen molar-refractivity contribution in [2.45, 2.75) is 19.4 Å². The zero-order valence-electron chi connectivity index (χ0n) is 12.9. The molecule has 0 radical (unpaired) electrons. The second kappa shape index (κ2) is 7.49. The van der Waals surface area contributed by atoms with Crippen LogP contribution in [0, 0.1) is 0 Å². The molecule has 0 bridgehead atoms. The lowest BCUT2D eigenvalue weighted by Gasteiger charge is -2.15. The van der Waals surface area contributed by atoms with Gasteiger partial charge in [-0.2, -0.15) is 0 Å². The van der Waals surface area contributed by atoms with E-state index in [1.807, 2.05) is 35.2 Å². The first-order valence-electron chi connectivity index (χ1n) is 7.66. The Kier molecular flexibility index (Phi) is 5.36. The quantitative estimate of drug-likeness (QED) is 0.739. The molecule has 6 heteroatoms. The summed E-state index contributed by atoms with van der Waals surface area (Å²) in [7, 11) is 0. The second-order valence-corrected chi connectivity index (χ2v) is 7.46. The number of benzene rings is 2. The standard InChI is InChI=1S/C18H16Br2N2O2/c19-14-7-8-15(20)16(10-14)21-18(24)13-5-3-12(4-6-13)11-22-9-1-2-17(22)23/h3-8,10H,1-2,9,11H2,(H,21,24). The molecule has 124 valence electrons. The maximum atomic E-state index is 12.4. The van der Waals surface area contributed by atoms with E-state index in [0.29, 0.717) is 24.2 Å². The molecule has 1 saturated heterocycles. The van der Waals surface area contributed by atoms with Crippen LogP contribution >= 0.6 is 31.9 Å². The highest BCUT2D eigenvalue weighted by Crippen LogP contribution is 2.26. The number of likely N-dealkylation sites (tertiary alicyclic amines) is 1. The lowest BCUT2D eigenvalue weighted by molar-refractivity contribution is -0.128. The third-order valence-electron chi connectivity index (χ3n) is 3.94. The smallest absolute Gasteiger partial charge is 0.255 e. The third kappa shape index (κ3) is 4.05. The zero-order valence-corrected chi connectivity index (χ0v) is 16.1. The van der Waals surface area contributed by atoms with Crippen LogP contribution in [0.5, 0.6) is 0 Å². The number of nitrogens with one attached hydrogen (secondary N) is 1. The Hall–Kier alpha value is -1.66. The number of rotatable bonds is 4. The first-order valence-corrected chi connectivity index (χ1v) is 9.24. The lowest BCUT2D eigenvalue weighted by atomic mass is 10.1. The van der Waals surface area contributed by atoms with Crippen molar-refractivity contribution in [3.63, 3.8) is 0 Å². The van der Waals surface area contributed by atoms with Crippen LogP contribution in [-0.2, 0) is 11.3 Å². The summed E-state index contributed by atoms with van der Waals surface area (Å²) in [6.45, 7) is 1.43. The summed E-state index contributed by atoms with van der Waals surface area (Å²) in [5.74, 6) is 0.0360. The van der Waals surface area contributed by atoms with Crippen molar-refractivity contribution >= 4 is 49.4 Å². The minimum atomic E-state index is -0.169. The fourth-order valence-electron chi connectivity index (χ4n) is 2.64. The molecule has 0 saturated carbocycles. The predicted molar refractivity (Wildman–Crippen MR) is 101 cm³/mol. The largest absolute Gasteiger partial charge is 0.338 e. The molecule has 2 aromatic rings. The van der Waals surface area contributed by atoms with Gasteiger partial charge in [-0.25, -0.2) is 0 Å². The van der Waals surface area contributed by atoms with Gasteiger partial charge >= 0.3 is 0 Å². The molecule has 0 aromatic heterocycles. The summed E-state index contributed by atoms with van der Waals surface area (Å²) >= 11 is 6.82. The SMILES string of the molecule is O=C(Nc1cc(Br)ccc1Br)c1ccc(CN2CCCC2=O)cc1. The number of carbonyl (C=O) groups is 2. The van der Waals surface area contributed by atoms with Gasteiger partial charge in [0, 0.05) is 34.0 Å². The molecule has 2 aromatic carbocycles. The normalized spacial score (nSPS) is 14.1. The predicted octanol–water partition coefficient (Wildman–Crippen LogP) is 4.59. The van der Waals surface area contributed by atoms with Gasteiger partial charge in [0.05, 0.1) is 5.69 Å². The average Bonchev–Trinajstić information content (AvgIpc) is 2.96. The van der Waals surface area contributed by atoms with Crippen LogP contribution in [0.15, 0.2) is 51.4 Å². The molecule has 1 heterocycles. The van der Waals surface area contributed by atoms with Gasteiger partial charge in [0.2, 0.25) is 5.91 Å². The Morgan fingerprint density at radius 2 is 1.88 bits per heavy atom. The molecule has 1 fully saturated rings. The highest BCUT2D eigenvalue weighted by atomic mass is 79.9. The number of hydrogen-bond acceptors (Lipinski definition) is 2. The monoisotopic (exact) mass is 450 g/mol. The summed E-state index contributed by atoms with van der Waals surface area (Å²) in [4.78, 5) is 25.9. The Labute approximate surface area is 157 Å². The minimum Gasteiger partial charge on any atom is -0.338 e. The van der Waals surface area contributed by atoms with Crippen LogP contribution in [0.25, 0.3) is 0 Å². The number of hydrogen-bond donors (Lipinski definition) is 1. The van der Waals surface area contributed by atoms with E-state index < -0.39 is 0 Å². The van der Waals surface area contributed by atoms with Gasteiger partial charge in [-0.3, -0.25) is 9.59 Å². The Morgan fingerprint density at radius 1 is 1.12 bits per heavy atom. The van der Waals surface area contributed by atoms with Gasteiger partial charge in [-0.15, -0.1) is 0 Å². The molecule has 1 aliphatic heterocycles. The maximum absolute atomic E-state index is 12.4. The van der Waals surface area contributed by atoms with Crippen LogP contribution in [0.4, 0.5) is 5.69 Å². The Balaban J connectivity index is 1.67. The van der Waals surface area contributed by atoms with Crippen LogP contribution < -0.4 is 5.32 Å². The lowest BCUT2D eigenvalue weighted by Crippen LogP contribution is -2.23. The highest BCUT2D eigenvalue weighted by Gasteiger charge is 2.20. The molecular formula is C18H16Br2N2O2. The number of anilines is 1. The van der Waals surface area contributed by atoms with Gasteiger partial charge in [0.15, 0.2) is 0 Å². The molecule has 3 rings (SSSR count). The van der Waals surface area contributed by atoms with E-state index >= 15 is 0 Å². The van der Waals surface area contributed by atoms with E-state index in [-0.39, 0.29) is 11.8 Å². The number of carbonyl (C=O) groups excluding carboxylic acids is 2. The number of nitrogens with zero attached hydrogens (tertiary/aromatic N) is 1. The number of halogens is 2. The minimum absolute atomic E-state index is 0.169. The van der Waals surface area contributed by atoms with Crippen molar-refractivity contribution in [2.24, 2.45) is 0 Å². The van der Waals surface area contributed by atoms with Crippen LogP contribution in [-0.4, -0.2) is 23.3 Å². The second-order valence-electron chi connectivity index (χ2n) is 5.69. The van der Waals surface area contributed by atoms with E-state index in [0.717, 1.165) is 27.5 Å². The Morgan fingerprint density at radius 3 is 2.54 bits per heavy atom. The fourth-order valence-corrected chi connectivity index (χ4v) is 3.35. The van der Waals surface area contributed by atoms with Crippen LogP contribution in [0.1, 0.15) is 28.8 Å². The maximum Gasteiger partial charge on any atom is 0.255 e. The van der Waals surface area contributed by atoms with Gasteiger partial charge in [-0.1, -0.05) is 28.1 Å². The van der Waals surface area contributed by atoms with Crippen molar-refractivity contribution in [3.05, 3.63) is 62.5 Å². The molecule has 1 aliphatic rings. The first kappa shape index (κ1) is 17.2. The molecule has 4 nitrogen and oxygen atoms in total. The third-order valence-corrected chi connectivity index (χ3v) is 5.12. The van der Waals surface area contributed by atoms with E-state index in [1.165, 1.54) is 0 Å². The summed E-state index contributed by atoms with van der Waals surface area (Å²) in [6.07, 6.45) is 1.57. The van der Waals surface area contributed by atoms with E-state index in [1.54, 1.807) is 12.1 Å². The molecule has 0 atom stereocenters. The van der Waals surface area contributed by atoms with E-state index in [9.17, 15) is 9.59 Å². The first-order chi connectivity index (χ1) is 11.5. The van der Waals surface area contributed by atoms with Crippen molar-refractivity contribution in [1.82, 2.24) is 4.90 Å².